The number of hydrogen-bond acceptors (Lipinski definition) is 5. The molecule has 0 radical (unpaired) electrons. The van der Waals surface area contributed by atoms with Crippen molar-refractivity contribution >= 4 is 49.4 Å². The fourth-order valence-electron chi connectivity index (χ4n) is 1.94. The number of phenolic OH excluding ortho intramolecular Hbond substituents is 1. The Morgan fingerprint density at radius 3 is 2.41 bits per heavy atom. The van der Waals surface area contributed by atoms with Crippen LogP contribution in [-0.4, -0.2) is 31.9 Å². The van der Waals surface area contributed by atoms with Crippen molar-refractivity contribution in [2.45, 2.75) is 11.3 Å². The molecule has 0 aliphatic rings. The van der Waals surface area contributed by atoms with E-state index in [4.69, 9.17) is 11.6 Å². The molecule has 0 unspecified atom stereocenters. The van der Waals surface area contributed by atoms with Gasteiger partial charge in [0.15, 0.2) is 0 Å². The van der Waals surface area contributed by atoms with Gasteiger partial charge in [-0.1, -0.05) is 27.5 Å². The fourth-order valence-corrected chi connectivity index (χ4v) is 3.41. The Morgan fingerprint density at radius 1 is 1.07 bits per heavy atom. The molecule has 11 heteroatoms. The zero-order valence-corrected chi connectivity index (χ0v) is 16.9. The minimum Gasteiger partial charge on any atom is -0.507 e. The fraction of sp³-hybridized carbons (Fsp3) is 0.125. The first-order chi connectivity index (χ1) is 12.7. The summed E-state index contributed by atoms with van der Waals surface area (Å²) in [6.45, 7) is -0.164. The van der Waals surface area contributed by atoms with E-state index in [9.17, 15) is 23.1 Å². The van der Waals surface area contributed by atoms with Gasteiger partial charge in [0.2, 0.25) is 15.9 Å². The number of nitrogens with one attached hydrogen (secondary N) is 3. The first-order valence-electron chi connectivity index (χ1n) is 7.52. The van der Waals surface area contributed by atoms with E-state index in [2.05, 4.69) is 31.5 Å². The highest BCUT2D eigenvalue weighted by molar-refractivity contribution is 9.10. The van der Waals surface area contributed by atoms with Gasteiger partial charge in [-0.15, -0.1) is 0 Å². The van der Waals surface area contributed by atoms with E-state index in [-0.39, 0.29) is 34.2 Å². The molecule has 0 aliphatic heterocycles. The van der Waals surface area contributed by atoms with E-state index in [1.807, 2.05) is 0 Å². The van der Waals surface area contributed by atoms with Gasteiger partial charge in [-0.2, -0.15) is 0 Å². The van der Waals surface area contributed by atoms with Crippen LogP contribution >= 0.6 is 27.5 Å². The Balaban J connectivity index is 1.81. The lowest BCUT2D eigenvalue weighted by Crippen LogP contribution is -2.42. The van der Waals surface area contributed by atoms with Crippen LogP contribution in [0, 0.1) is 0 Å². The summed E-state index contributed by atoms with van der Waals surface area (Å²) in [4.78, 5) is 23.7. The van der Waals surface area contributed by atoms with E-state index in [0.29, 0.717) is 0 Å². The van der Waals surface area contributed by atoms with E-state index in [1.165, 1.54) is 30.3 Å². The minimum atomic E-state index is -3.74. The van der Waals surface area contributed by atoms with Crippen LogP contribution in [0.4, 0.5) is 0 Å². The monoisotopic (exact) mass is 475 g/mol. The van der Waals surface area contributed by atoms with E-state index >= 15 is 0 Å². The van der Waals surface area contributed by atoms with Crippen molar-refractivity contribution < 1.29 is 23.1 Å². The van der Waals surface area contributed by atoms with Crippen LogP contribution in [-0.2, 0) is 14.8 Å². The average molecular weight is 477 g/mol. The Kier molecular flexibility index (Phi) is 7.19. The smallest absolute Gasteiger partial charge is 0.273 e. The lowest BCUT2D eigenvalue weighted by atomic mass is 10.2. The quantitative estimate of drug-likeness (QED) is 0.474. The van der Waals surface area contributed by atoms with Crippen molar-refractivity contribution in [3.8, 4) is 5.75 Å². The molecule has 27 heavy (non-hydrogen) atoms. The lowest BCUT2D eigenvalue weighted by molar-refractivity contribution is -0.121. The molecule has 0 aromatic heterocycles. The molecule has 0 aliphatic carbocycles. The number of halogens is 2. The lowest BCUT2D eigenvalue weighted by Gasteiger charge is -2.10. The normalized spacial score (nSPS) is 11.0. The van der Waals surface area contributed by atoms with Crippen LogP contribution in [0.3, 0.4) is 0 Å². The molecule has 2 aromatic carbocycles. The number of phenols is 1. The highest BCUT2D eigenvalue weighted by Crippen LogP contribution is 2.21. The molecule has 8 nitrogen and oxygen atoms in total. The summed E-state index contributed by atoms with van der Waals surface area (Å²) >= 11 is 8.96. The molecule has 2 rings (SSSR count). The average Bonchev–Trinajstić information content (AvgIpc) is 2.62. The van der Waals surface area contributed by atoms with Crippen molar-refractivity contribution in [3.63, 3.8) is 0 Å². The number of carbonyl (C=O) groups excluding carboxylic acids is 2. The number of benzene rings is 2. The van der Waals surface area contributed by atoms with Gasteiger partial charge in [0.05, 0.1) is 10.5 Å². The molecule has 2 amide bonds. The molecule has 144 valence electrons. The van der Waals surface area contributed by atoms with Gasteiger partial charge < -0.3 is 5.11 Å². The van der Waals surface area contributed by atoms with Crippen molar-refractivity contribution in [3.05, 3.63) is 57.5 Å². The summed E-state index contributed by atoms with van der Waals surface area (Å²) in [5, 5.41) is 9.86. The Hall–Kier alpha value is -2.14. The number of carbonyl (C=O) groups is 2. The molecule has 0 spiro atoms. The molecule has 0 saturated carbocycles. The van der Waals surface area contributed by atoms with Gasteiger partial charge in [0.1, 0.15) is 5.75 Å². The third-order valence-corrected chi connectivity index (χ3v) is 5.53. The summed E-state index contributed by atoms with van der Waals surface area (Å²) in [6, 6.07) is 9.91. The first-order valence-corrected chi connectivity index (χ1v) is 10.2. The van der Waals surface area contributed by atoms with Crippen molar-refractivity contribution in [2.75, 3.05) is 6.54 Å². The molecule has 0 heterocycles. The van der Waals surface area contributed by atoms with Gasteiger partial charge in [0, 0.05) is 22.5 Å². The predicted octanol–water partition coefficient (Wildman–Crippen LogP) is 1.94. The van der Waals surface area contributed by atoms with Crippen molar-refractivity contribution in [1.29, 1.82) is 0 Å². The van der Waals surface area contributed by atoms with E-state index in [0.717, 1.165) is 4.47 Å². The zero-order valence-electron chi connectivity index (χ0n) is 13.7. The third-order valence-electron chi connectivity index (χ3n) is 3.29. The first kappa shape index (κ1) is 21.2. The number of sulfonamides is 1. The summed E-state index contributed by atoms with van der Waals surface area (Å²) in [5.41, 5.74) is 4.13. The van der Waals surface area contributed by atoms with Crippen LogP contribution in [0.5, 0.6) is 5.75 Å². The van der Waals surface area contributed by atoms with Crippen LogP contribution < -0.4 is 15.6 Å². The van der Waals surface area contributed by atoms with Crippen LogP contribution in [0.2, 0.25) is 5.02 Å². The van der Waals surface area contributed by atoms with Gasteiger partial charge in [-0.25, -0.2) is 13.1 Å². The second-order valence-corrected chi connectivity index (χ2v) is 8.38. The number of hydrogen-bond donors (Lipinski definition) is 4. The largest absolute Gasteiger partial charge is 0.507 e. The standard InChI is InChI=1S/C16H15BrClN3O5S/c17-10-1-4-12(5-2-10)27(25,26)19-8-7-15(23)20-21-16(24)13-9-11(18)3-6-14(13)22/h1-6,9,19,22H,7-8H2,(H,20,23)(H,21,24). The Labute approximate surface area is 169 Å². The number of amides is 2. The maximum absolute atomic E-state index is 12.1. The molecule has 0 atom stereocenters. The molecular formula is C16H15BrClN3O5S. The van der Waals surface area contributed by atoms with Crippen molar-refractivity contribution in [1.82, 2.24) is 15.6 Å². The minimum absolute atomic E-state index is 0.0656. The maximum atomic E-state index is 12.1. The van der Waals surface area contributed by atoms with Gasteiger partial charge >= 0.3 is 0 Å². The summed E-state index contributed by atoms with van der Waals surface area (Å²) < 4.78 is 27.2. The Morgan fingerprint density at radius 2 is 1.74 bits per heavy atom. The van der Waals surface area contributed by atoms with Crippen LogP contribution in [0.15, 0.2) is 51.8 Å². The van der Waals surface area contributed by atoms with Gasteiger partial charge in [-0.05, 0) is 42.5 Å². The number of aromatic hydroxyl groups is 1. The van der Waals surface area contributed by atoms with Gasteiger partial charge in [-0.3, -0.25) is 20.4 Å². The molecule has 2 aromatic rings. The van der Waals surface area contributed by atoms with E-state index < -0.39 is 21.8 Å². The summed E-state index contributed by atoms with van der Waals surface area (Å²) in [7, 11) is -3.74. The predicted molar refractivity (Wildman–Crippen MR) is 103 cm³/mol. The van der Waals surface area contributed by atoms with Crippen LogP contribution in [0.1, 0.15) is 16.8 Å². The molecule has 4 N–H and O–H groups in total. The third kappa shape index (κ3) is 6.21. The second-order valence-electron chi connectivity index (χ2n) is 5.27. The topological polar surface area (TPSA) is 125 Å². The maximum Gasteiger partial charge on any atom is 0.273 e. The SMILES string of the molecule is O=C(CCNS(=O)(=O)c1ccc(Br)cc1)NNC(=O)c1cc(Cl)ccc1O. The van der Waals surface area contributed by atoms with Crippen LogP contribution in [0.25, 0.3) is 0 Å². The van der Waals surface area contributed by atoms with Gasteiger partial charge in [0.25, 0.3) is 5.91 Å². The Bertz CT molecular complexity index is 951. The molecule has 0 fully saturated rings. The molecule has 0 saturated heterocycles. The summed E-state index contributed by atoms with van der Waals surface area (Å²) in [5.74, 6) is -1.68. The highest BCUT2D eigenvalue weighted by atomic mass is 79.9. The number of rotatable bonds is 6. The summed E-state index contributed by atoms with van der Waals surface area (Å²) in [6.07, 6.45) is -0.211. The number of hydrazine groups is 1. The highest BCUT2D eigenvalue weighted by Gasteiger charge is 2.15. The van der Waals surface area contributed by atoms with E-state index in [1.54, 1.807) is 12.1 Å². The van der Waals surface area contributed by atoms with Crippen molar-refractivity contribution in [2.24, 2.45) is 0 Å². The zero-order chi connectivity index (χ0) is 20.0. The molecule has 0 bridgehead atoms. The molecular weight excluding hydrogens is 462 g/mol. The second kappa shape index (κ2) is 9.18.